The molecule has 0 unspecified atom stereocenters. The minimum absolute atomic E-state index is 0.123. The molecule has 0 aliphatic carbocycles. The van der Waals surface area contributed by atoms with Crippen LogP contribution in [0.5, 0.6) is 0 Å². The molecular formula is C10H7ClF3NO. The van der Waals surface area contributed by atoms with Crippen LogP contribution >= 0.6 is 11.6 Å². The van der Waals surface area contributed by atoms with E-state index in [0.717, 1.165) is 5.56 Å². The van der Waals surface area contributed by atoms with E-state index in [-0.39, 0.29) is 11.3 Å². The van der Waals surface area contributed by atoms with Crippen molar-refractivity contribution in [2.45, 2.75) is 18.0 Å². The highest BCUT2D eigenvalue weighted by Crippen LogP contribution is 2.51. The fourth-order valence-corrected chi connectivity index (χ4v) is 1.89. The lowest BCUT2D eigenvalue weighted by Gasteiger charge is -2.22. The van der Waals surface area contributed by atoms with Crippen molar-refractivity contribution >= 4 is 23.2 Å². The number of alkyl halides is 4. The maximum Gasteiger partial charge on any atom is 0.420 e. The van der Waals surface area contributed by atoms with Crippen LogP contribution in [0.2, 0.25) is 0 Å². The van der Waals surface area contributed by atoms with Gasteiger partial charge in [-0.05, 0) is 18.6 Å². The van der Waals surface area contributed by atoms with Crippen LogP contribution in [0, 0.1) is 6.92 Å². The molecule has 6 heteroatoms. The molecular weight excluding hydrogens is 243 g/mol. The molecule has 1 aliphatic rings. The predicted molar refractivity (Wildman–Crippen MR) is 53.4 cm³/mol. The third-order valence-electron chi connectivity index (χ3n) is 2.50. The van der Waals surface area contributed by atoms with Crippen LogP contribution in [0.4, 0.5) is 18.9 Å². The summed E-state index contributed by atoms with van der Waals surface area (Å²) >= 11 is 5.44. The molecule has 2 rings (SSSR count). The average molecular weight is 250 g/mol. The Morgan fingerprint density at radius 1 is 1.38 bits per heavy atom. The van der Waals surface area contributed by atoms with E-state index >= 15 is 0 Å². The Morgan fingerprint density at radius 2 is 2.00 bits per heavy atom. The zero-order valence-electron chi connectivity index (χ0n) is 8.15. The van der Waals surface area contributed by atoms with E-state index in [2.05, 4.69) is 5.32 Å². The van der Waals surface area contributed by atoms with Gasteiger partial charge in [-0.25, -0.2) is 0 Å². The SMILES string of the molecule is Cc1ccc2c(c1)NC(=O)[C@]2(Cl)C(F)(F)F. The van der Waals surface area contributed by atoms with Crippen LogP contribution in [0.25, 0.3) is 0 Å². The minimum Gasteiger partial charge on any atom is -0.324 e. The van der Waals surface area contributed by atoms with E-state index in [1.807, 2.05) is 0 Å². The van der Waals surface area contributed by atoms with E-state index in [9.17, 15) is 18.0 Å². The Hall–Kier alpha value is -1.23. The largest absolute Gasteiger partial charge is 0.420 e. The lowest BCUT2D eigenvalue weighted by Crippen LogP contribution is -2.43. The Labute approximate surface area is 94.4 Å². The minimum atomic E-state index is -4.82. The summed E-state index contributed by atoms with van der Waals surface area (Å²) < 4.78 is 38.3. The number of hydrogen-bond acceptors (Lipinski definition) is 1. The van der Waals surface area contributed by atoms with Crippen molar-refractivity contribution in [3.63, 3.8) is 0 Å². The maximum atomic E-state index is 12.8. The zero-order valence-corrected chi connectivity index (χ0v) is 8.91. The number of anilines is 1. The van der Waals surface area contributed by atoms with E-state index in [4.69, 9.17) is 11.6 Å². The lowest BCUT2D eigenvalue weighted by atomic mass is 9.98. The second kappa shape index (κ2) is 3.13. The summed E-state index contributed by atoms with van der Waals surface area (Å²) in [6.45, 7) is 1.72. The summed E-state index contributed by atoms with van der Waals surface area (Å²) in [5, 5.41) is 2.14. The van der Waals surface area contributed by atoms with Gasteiger partial charge in [0.15, 0.2) is 0 Å². The second-order valence-electron chi connectivity index (χ2n) is 3.66. The number of hydrogen-bond donors (Lipinski definition) is 1. The van der Waals surface area contributed by atoms with Gasteiger partial charge < -0.3 is 5.32 Å². The quantitative estimate of drug-likeness (QED) is 0.704. The molecule has 1 amide bonds. The van der Waals surface area contributed by atoms with Crippen LogP contribution in [0.3, 0.4) is 0 Å². The van der Waals surface area contributed by atoms with Gasteiger partial charge >= 0.3 is 6.18 Å². The Kier molecular flexibility index (Phi) is 2.21. The molecule has 0 bridgehead atoms. The number of fused-ring (bicyclic) bond motifs is 1. The van der Waals surface area contributed by atoms with Gasteiger partial charge in [0.2, 0.25) is 4.87 Å². The molecule has 0 spiro atoms. The van der Waals surface area contributed by atoms with Crippen LogP contribution in [-0.2, 0) is 9.67 Å². The van der Waals surface area contributed by atoms with Crippen LogP contribution in [0.1, 0.15) is 11.1 Å². The summed E-state index contributed by atoms with van der Waals surface area (Å²) in [4.78, 5) is 8.39. The Morgan fingerprint density at radius 3 is 2.56 bits per heavy atom. The van der Waals surface area contributed by atoms with E-state index in [1.165, 1.54) is 18.2 Å². The molecule has 1 N–H and O–H groups in total. The van der Waals surface area contributed by atoms with E-state index in [1.54, 1.807) is 6.92 Å². The maximum absolute atomic E-state index is 12.8. The van der Waals surface area contributed by atoms with E-state index < -0.39 is 17.0 Å². The monoisotopic (exact) mass is 249 g/mol. The summed E-state index contributed by atoms with van der Waals surface area (Å²) in [5.74, 6) is -1.25. The van der Waals surface area contributed by atoms with Crippen molar-refractivity contribution in [3.8, 4) is 0 Å². The predicted octanol–water partition coefficient (Wildman–Crippen LogP) is 2.94. The lowest BCUT2D eigenvalue weighted by molar-refractivity contribution is -0.170. The van der Waals surface area contributed by atoms with Crippen molar-refractivity contribution < 1.29 is 18.0 Å². The molecule has 0 aromatic heterocycles. The molecule has 16 heavy (non-hydrogen) atoms. The van der Waals surface area contributed by atoms with Gasteiger partial charge in [0, 0.05) is 11.3 Å². The zero-order chi connectivity index (χ0) is 12.1. The second-order valence-corrected chi connectivity index (χ2v) is 4.23. The summed E-state index contributed by atoms with van der Waals surface area (Å²) in [7, 11) is 0. The topological polar surface area (TPSA) is 29.1 Å². The number of carbonyl (C=O) groups excluding carboxylic acids is 1. The van der Waals surface area contributed by atoms with E-state index in [0.29, 0.717) is 0 Å². The molecule has 86 valence electrons. The van der Waals surface area contributed by atoms with Gasteiger partial charge in [0.05, 0.1) is 0 Å². The molecule has 0 saturated heterocycles. The number of benzene rings is 1. The normalized spacial score (nSPS) is 24.2. The average Bonchev–Trinajstić information content (AvgIpc) is 2.38. The van der Waals surface area contributed by atoms with Crippen LogP contribution in [-0.4, -0.2) is 12.1 Å². The van der Waals surface area contributed by atoms with Gasteiger partial charge in [-0.1, -0.05) is 23.7 Å². The number of aryl methyl sites for hydroxylation is 1. The summed E-state index contributed by atoms with van der Waals surface area (Å²) in [5.41, 5.74) is 0.636. The Bertz CT molecular complexity index is 472. The van der Waals surface area contributed by atoms with Gasteiger partial charge in [0.25, 0.3) is 5.91 Å². The number of halogens is 4. The third kappa shape index (κ3) is 1.31. The third-order valence-corrected chi connectivity index (χ3v) is 3.09. The molecule has 1 aromatic carbocycles. The van der Waals surface area contributed by atoms with Crippen molar-refractivity contribution in [2.24, 2.45) is 0 Å². The smallest absolute Gasteiger partial charge is 0.324 e. The van der Waals surface area contributed by atoms with Gasteiger partial charge in [-0.3, -0.25) is 4.79 Å². The fourth-order valence-electron chi connectivity index (χ4n) is 1.67. The molecule has 0 fully saturated rings. The molecule has 1 aliphatic heterocycles. The van der Waals surface area contributed by atoms with Gasteiger partial charge in [-0.2, -0.15) is 13.2 Å². The number of nitrogens with one attached hydrogen (secondary N) is 1. The molecule has 1 aromatic rings. The first-order chi connectivity index (χ1) is 7.26. The summed E-state index contributed by atoms with van der Waals surface area (Å²) in [6.07, 6.45) is -4.82. The van der Waals surface area contributed by atoms with Crippen molar-refractivity contribution in [1.29, 1.82) is 0 Å². The summed E-state index contributed by atoms with van der Waals surface area (Å²) in [6, 6.07) is 4.17. The molecule has 0 saturated carbocycles. The molecule has 1 heterocycles. The highest BCUT2D eigenvalue weighted by molar-refractivity contribution is 6.39. The highest BCUT2D eigenvalue weighted by atomic mass is 35.5. The first-order valence-corrected chi connectivity index (χ1v) is 4.83. The van der Waals surface area contributed by atoms with Gasteiger partial charge in [0.1, 0.15) is 0 Å². The van der Waals surface area contributed by atoms with Crippen molar-refractivity contribution in [3.05, 3.63) is 29.3 Å². The highest BCUT2D eigenvalue weighted by Gasteiger charge is 2.64. The number of rotatable bonds is 0. The number of carbonyl (C=O) groups is 1. The first kappa shape index (κ1) is 11.3. The van der Waals surface area contributed by atoms with Crippen LogP contribution < -0.4 is 5.32 Å². The van der Waals surface area contributed by atoms with Crippen molar-refractivity contribution in [2.75, 3.05) is 5.32 Å². The number of amides is 1. The Balaban J connectivity index is 2.65. The van der Waals surface area contributed by atoms with Crippen LogP contribution in [0.15, 0.2) is 18.2 Å². The molecule has 0 radical (unpaired) electrons. The van der Waals surface area contributed by atoms with Gasteiger partial charge in [-0.15, -0.1) is 0 Å². The standard InChI is InChI=1S/C10H7ClF3NO/c1-5-2-3-6-7(4-5)15-8(16)9(6,11)10(12,13)14/h2-4H,1H3,(H,15,16)/t9-/m0/s1. The molecule has 1 atom stereocenters. The van der Waals surface area contributed by atoms with Crippen molar-refractivity contribution in [1.82, 2.24) is 0 Å². The fraction of sp³-hybridized carbons (Fsp3) is 0.300. The molecule has 2 nitrogen and oxygen atoms in total. The first-order valence-electron chi connectivity index (χ1n) is 4.45.